The maximum atomic E-state index is 6.09. The van der Waals surface area contributed by atoms with Gasteiger partial charge in [0.2, 0.25) is 0 Å². The van der Waals surface area contributed by atoms with Crippen molar-refractivity contribution in [2.45, 2.75) is 6.10 Å². The molecular formula is C12H20ClN5O. The van der Waals surface area contributed by atoms with Crippen LogP contribution >= 0.6 is 11.6 Å². The Balaban J connectivity index is 2.15. The fraction of sp³-hybridized carbons (Fsp3) is 0.667. The molecule has 0 saturated carbocycles. The van der Waals surface area contributed by atoms with Crippen LogP contribution in [0.25, 0.3) is 0 Å². The van der Waals surface area contributed by atoms with Crippen LogP contribution in [0.3, 0.4) is 0 Å². The van der Waals surface area contributed by atoms with E-state index in [0.29, 0.717) is 11.8 Å². The molecule has 2 rings (SSSR count). The lowest BCUT2D eigenvalue weighted by Gasteiger charge is -2.35. The van der Waals surface area contributed by atoms with Crippen molar-refractivity contribution in [3.05, 3.63) is 11.5 Å². The van der Waals surface area contributed by atoms with Crippen molar-refractivity contribution in [2.24, 2.45) is 0 Å². The molecule has 0 radical (unpaired) electrons. The van der Waals surface area contributed by atoms with Crippen LogP contribution in [0.5, 0.6) is 0 Å². The van der Waals surface area contributed by atoms with E-state index in [-0.39, 0.29) is 6.10 Å². The molecule has 1 aromatic heterocycles. The van der Waals surface area contributed by atoms with E-state index in [2.05, 4.69) is 25.1 Å². The zero-order chi connectivity index (χ0) is 13.8. The Bertz CT molecular complexity index is 429. The minimum Gasteiger partial charge on any atom is -0.383 e. The first-order valence-electron chi connectivity index (χ1n) is 6.31. The number of likely N-dealkylation sites (N-methyl/N-ethyl adjacent to an activating group) is 1. The number of halogens is 1. The molecule has 1 N–H and O–H groups in total. The van der Waals surface area contributed by atoms with Crippen molar-refractivity contribution >= 4 is 23.1 Å². The van der Waals surface area contributed by atoms with Crippen LogP contribution in [-0.2, 0) is 4.74 Å². The standard InChI is InChI=1S/C12H20ClN5O/c1-14-10-11(13)15-8-16-12(10)18-4-5-19-9(7-18)6-17(2)3/h8-9,14H,4-7H2,1-3H3. The molecule has 0 amide bonds. The molecule has 106 valence electrons. The van der Waals surface area contributed by atoms with Gasteiger partial charge in [-0.1, -0.05) is 11.6 Å². The highest BCUT2D eigenvalue weighted by molar-refractivity contribution is 6.32. The largest absolute Gasteiger partial charge is 0.383 e. The molecule has 7 heteroatoms. The van der Waals surface area contributed by atoms with E-state index in [0.717, 1.165) is 31.1 Å². The molecule has 1 atom stereocenters. The molecule has 1 saturated heterocycles. The second-order valence-electron chi connectivity index (χ2n) is 4.81. The Hall–Kier alpha value is -1.11. The van der Waals surface area contributed by atoms with Gasteiger partial charge in [0, 0.05) is 26.7 Å². The van der Waals surface area contributed by atoms with Gasteiger partial charge >= 0.3 is 0 Å². The van der Waals surface area contributed by atoms with Gasteiger partial charge in [0.25, 0.3) is 0 Å². The SMILES string of the molecule is CNc1c(Cl)ncnc1N1CCOC(CN(C)C)C1. The normalized spacial score (nSPS) is 19.8. The third-order valence-corrected chi connectivity index (χ3v) is 3.32. The van der Waals surface area contributed by atoms with Crippen molar-refractivity contribution in [1.82, 2.24) is 14.9 Å². The summed E-state index contributed by atoms with van der Waals surface area (Å²) < 4.78 is 5.76. The molecule has 2 heterocycles. The van der Waals surface area contributed by atoms with Gasteiger partial charge in [0.05, 0.1) is 12.7 Å². The molecule has 6 nitrogen and oxygen atoms in total. The summed E-state index contributed by atoms with van der Waals surface area (Å²) in [5.41, 5.74) is 0.773. The molecule has 1 aliphatic heterocycles. The highest BCUT2D eigenvalue weighted by Gasteiger charge is 2.24. The first kappa shape index (κ1) is 14.3. The van der Waals surface area contributed by atoms with Crippen LogP contribution < -0.4 is 10.2 Å². The Labute approximate surface area is 118 Å². The lowest BCUT2D eigenvalue weighted by Crippen LogP contribution is -2.47. The highest BCUT2D eigenvalue weighted by atomic mass is 35.5. The van der Waals surface area contributed by atoms with E-state index < -0.39 is 0 Å². The average Bonchev–Trinajstić information content (AvgIpc) is 2.38. The number of anilines is 2. The lowest BCUT2D eigenvalue weighted by atomic mass is 10.2. The number of ether oxygens (including phenoxy) is 1. The highest BCUT2D eigenvalue weighted by Crippen LogP contribution is 2.29. The van der Waals surface area contributed by atoms with E-state index >= 15 is 0 Å². The van der Waals surface area contributed by atoms with E-state index in [1.165, 1.54) is 6.33 Å². The van der Waals surface area contributed by atoms with Crippen LogP contribution in [0.15, 0.2) is 6.33 Å². The van der Waals surface area contributed by atoms with Crippen molar-refractivity contribution in [2.75, 3.05) is 57.6 Å². The molecule has 19 heavy (non-hydrogen) atoms. The van der Waals surface area contributed by atoms with Gasteiger partial charge in [0.15, 0.2) is 11.0 Å². The first-order chi connectivity index (χ1) is 9.11. The van der Waals surface area contributed by atoms with Crippen molar-refractivity contribution in [3.63, 3.8) is 0 Å². The number of nitrogens with zero attached hydrogens (tertiary/aromatic N) is 4. The molecule has 1 aromatic rings. The van der Waals surface area contributed by atoms with Gasteiger partial charge in [-0.25, -0.2) is 9.97 Å². The maximum Gasteiger partial charge on any atom is 0.157 e. The number of rotatable bonds is 4. The smallest absolute Gasteiger partial charge is 0.157 e. The van der Waals surface area contributed by atoms with Crippen molar-refractivity contribution < 1.29 is 4.74 Å². The summed E-state index contributed by atoms with van der Waals surface area (Å²) in [5.74, 6) is 0.842. The van der Waals surface area contributed by atoms with Crippen LogP contribution in [0.4, 0.5) is 11.5 Å². The van der Waals surface area contributed by atoms with Crippen molar-refractivity contribution in [1.29, 1.82) is 0 Å². The second kappa shape index (κ2) is 6.36. The summed E-state index contributed by atoms with van der Waals surface area (Å²) in [5, 5.41) is 3.51. The predicted molar refractivity (Wildman–Crippen MR) is 77.1 cm³/mol. The second-order valence-corrected chi connectivity index (χ2v) is 5.17. The third-order valence-electron chi connectivity index (χ3n) is 3.04. The molecule has 0 aromatic carbocycles. The van der Waals surface area contributed by atoms with Gasteiger partial charge in [-0.05, 0) is 14.1 Å². The van der Waals surface area contributed by atoms with E-state index in [1.807, 2.05) is 21.1 Å². The van der Waals surface area contributed by atoms with Gasteiger partial charge in [-0.15, -0.1) is 0 Å². The zero-order valence-corrected chi connectivity index (χ0v) is 12.3. The molecule has 0 bridgehead atoms. The van der Waals surface area contributed by atoms with Crippen molar-refractivity contribution in [3.8, 4) is 0 Å². The number of hydrogen-bond donors (Lipinski definition) is 1. The molecule has 1 fully saturated rings. The van der Waals surface area contributed by atoms with E-state index in [4.69, 9.17) is 16.3 Å². The molecular weight excluding hydrogens is 266 g/mol. The number of aromatic nitrogens is 2. The van der Waals surface area contributed by atoms with Gasteiger partial charge < -0.3 is 19.9 Å². The Kier molecular flexibility index (Phi) is 4.79. The first-order valence-corrected chi connectivity index (χ1v) is 6.69. The minimum absolute atomic E-state index is 0.183. The lowest BCUT2D eigenvalue weighted by molar-refractivity contribution is 0.0246. The number of morpholine rings is 1. The summed E-state index contributed by atoms with van der Waals surface area (Å²) in [6, 6.07) is 0. The predicted octanol–water partition coefficient (Wildman–Crippen LogP) is 0.938. The maximum absolute atomic E-state index is 6.09. The molecule has 1 unspecified atom stereocenters. The Morgan fingerprint density at radius 3 is 3.00 bits per heavy atom. The fourth-order valence-electron chi connectivity index (χ4n) is 2.24. The summed E-state index contributed by atoms with van der Waals surface area (Å²) >= 11 is 6.09. The fourth-order valence-corrected chi connectivity index (χ4v) is 2.46. The van der Waals surface area contributed by atoms with Crippen LogP contribution in [0, 0.1) is 0 Å². The minimum atomic E-state index is 0.183. The average molecular weight is 286 g/mol. The Morgan fingerprint density at radius 2 is 2.32 bits per heavy atom. The van der Waals surface area contributed by atoms with Crippen LogP contribution in [-0.4, -0.2) is 68.4 Å². The van der Waals surface area contributed by atoms with Crippen LogP contribution in [0.1, 0.15) is 0 Å². The van der Waals surface area contributed by atoms with Gasteiger partial charge in [-0.3, -0.25) is 0 Å². The molecule has 1 aliphatic rings. The van der Waals surface area contributed by atoms with Gasteiger partial charge in [0.1, 0.15) is 12.0 Å². The quantitative estimate of drug-likeness (QED) is 0.831. The zero-order valence-electron chi connectivity index (χ0n) is 11.6. The summed E-state index contributed by atoms with van der Waals surface area (Å²) in [7, 11) is 5.91. The summed E-state index contributed by atoms with van der Waals surface area (Å²) in [6.07, 6.45) is 1.68. The monoisotopic (exact) mass is 285 g/mol. The Morgan fingerprint density at radius 1 is 1.53 bits per heavy atom. The number of nitrogens with one attached hydrogen (secondary N) is 1. The van der Waals surface area contributed by atoms with E-state index in [1.54, 1.807) is 0 Å². The molecule has 0 spiro atoms. The van der Waals surface area contributed by atoms with Crippen LogP contribution in [0.2, 0.25) is 5.15 Å². The number of hydrogen-bond acceptors (Lipinski definition) is 6. The topological polar surface area (TPSA) is 53.5 Å². The van der Waals surface area contributed by atoms with Gasteiger partial charge in [-0.2, -0.15) is 0 Å². The summed E-state index contributed by atoms with van der Waals surface area (Å²) in [6.45, 7) is 3.21. The molecule has 0 aliphatic carbocycles. The van der Waals surface area contributed by atoms with E-state index in [9.17, 15) is 0 Å². The summed E-state index contributed by atoms with van der Waals surface area (Å²) in [4.78, 5) is 12.7. The third kappa shape index (κ3) is 3.46.